The third kappa shape index (κ3) is 1.95. The van der Waals surface area contributed by atoms with E-state index in [4.69, 9.17) is 16.8 Å². The molecule has 0 heterocycles. The maximum absolute atomic E-state index is 12.8. The lowest BCUT2D eigenvalue weighted by Gasteiger charge is -1.97. The van der Waals surface area contributed by atoms with Gasteiger partial charge in [-0.1, -0.05) is 22.8 Å². The highest BCUT2D eigenvalue weighted by Gasteiger charge is 2.04. The summed E-state index contributed by atoms with van der Waals surface area (Å²) in [5.74, 6) is -0.450. The molecule has 1 rings (SSSR count). The molecule has 0 fully saturated rings. The minimum absolute atomic E-state index is 0.138. The fourth-order valence-corrected chi connectivity index (χ4v) is 1.05. The van der Waals surface area contributed by atoms with Crippen LogP contribution >= 0.6 is 27.5 Å². The molecule has 0 aliphatic carbocycles. The Balaban J connectivity index is 3.13. The molecule has 1 N–H and O–H groups in total. The number of benzene rings is 1. The molecule has 0 amide bonds. The van der Waals surface area contributed by atoms with Gasteiger partial charge in [0.2, 0.25) is 0 Å². The molecule has 0 spiro atoms. The van der Waals surface area contributed by atoms with Gasteiger partial charge in [0, 0.05) is 5.56 Å². The zero-order valence-corrected chi connectivity index (χ0v) is 8.10. The monoisotopic (exact) mass is 251 g/mol. The van der Waals surface area contributed by atoms with Crippen LogP contribution in [0.5, 0.6) is 0 Å². The van der Waals surface area contributed by atoms with Gasteiger partial charge in [-0.25, -0.2) is 4.39 Å². The van der Waals surface area contributed by atoms with Crippen LogP contribution in [0.15, 0.2) is 27.8 Å². The van der Waals surface area contributed by atoms with Crippen LogP contribution < -0.4 is 0 Å². The highest BCUT2D eigenvalue weighted by atomic mass is 79.9. The summed E-state index contributed by atoms with van der Waals surface area (Å²) in [4.78, 5) is 0. The van der Waals surface area contributed by atoms with Gasteiger partial charge in [-0.3, -0.25) is 0 Å². The van der Waals surface area contributed by atoms with Gasteiger partial charge in [0.05, 0.1) is 4.47 Å². The summed E-state index contributed by atoms with van der Waals surface area (Å²) >= 11 is 8.41. The predicted molar refractivity (Wildman–Crippen MR) is 48.3 cm³/mol. The second-order valence-electron chi connectivity index (χ2n) is 2.02. The smallest absolute Gasteiger partial charge is 0.175 e. The zero-order chi connectivity index (χ0) is 9.14. The molecule has 0 aliphatic heterocycles. The van der Waals surface area contributed by atoms with Crippen molar-refractivity contribution >= 4 is 32.7 Å². The Morgan fingerprint density at radius 3 is 2.75 bits per heavy atom. The van der Waals surface area contributed by atoms with E-state index in [1.807, 2.05) is 0 Å². The van der Waals surface area contributed by atoms with Crippen molar-refractivity contribution in [3.05, 3.63) is 34.1 Å². The number of nitrogens with zero attached hydrogens (tertiary/aromatic N) is 1. The fourth-order valence-electron chi connectivity index (χ4n) is 0.682. The molecule has 0 aliphatic rings. The van der Waals surface area contributed by atoms with E-state index in [2.05, 4.69) is 21.1 Å². The van der Waals surface area contributed by atoms with Crippen molar-refractivity contribution < 1.29 is 9.60 Å². The number of oxime groups is 1. The highest BCUT2D eigenvalue weighted by molar-refractivity contribution is 9.10. The van der Waals surface area contributed by atoms with Crippen molar-refractivity contribution in [3.8, 4) is 0 Å². The summed E-state index contributed by atoms with van der Waals surface area (Å²) in [6.07, 6.45) is 0. The minimum atomic E-state index is -0.450. The lowest BCUT2D eigenvalue weighted by atomic mass is 10.2. The van der Waals surface area contributed by atoms with E-state index >= 15 is 0 Å². The SMILES string of the molecule is O/N=C(/Cl)c1ccc(Br)c(F)c1. The van der Waals surface area contributed by atoms with Crippen molar-refractivity contribution in [2.75, 3.05) is 0 Å². The molecule has 12 heavy (non-hydrogen) atoms. The summed E-state index contributed by atoms with van der Waals surface area (Å²) in [6.45, 7) is 0. The zero-order valence-electron chi connectivity index (χ0n) is 5.76. The Bertz CT molecular complexity index is 329. The molecular formula is C7H4BrClFNO. The molecule has 0 bridgehead atoms. The van der Waals surface area contributed by atoms with Gasteiger partial charge in [0.1, 0.15) is 5.82 Å². The Morgan fingerprint density at radius 1 is 1.58 bits per heavy atom. The van der Waals surface area contributed by atoms with Gasteiger partial charge >= 0.3 is 0 Å². The van der Waals surface area contributed by atoms with Crippen molar-refractivity contribution in [2.24, 2.45) is 5.16 Å². The van der Waals surface area contributed by atoms with E-state index in [1.165, 1.54) is 18.2 Å². The van der Waals surface area contributed by atoms with Gasteiger partial charge < -0.3 is 5.21 Å². The molecule has 5 heteroatoms. The summed E-state index contributed by atoms with van der Waals surface area (Å²) < 4.78 is 13.2. The largest absolute Gasteiger partial charge is 0.410 e. The van der Waals surface area contributed by atoms with Crippen LogP contribution in [0.3, 0.4) is 0 Å². The number of rotatable bonds is 1. The molecule has 0 saturated heterocycles. The van der Waals surface area contributed by atoms with Crippen molar-refractivity contribution in [3.63, 3.8) is 0 Å². The van der Waals surface area contributed by atoms with Crippen LogP contribution in [0, 0.1) is 5.82 Å². The van der Waals surface area contributed by atoms with Crippen LogP contribution in [0.25, 0.3) is 0 Å². The first-order valence-corrected chi connectivity index (χ1v) is 4.15. The number of halogens is 3. The van der Waals surface area contributed by atoms with E-state index in [0.717, 1.165) is 0 Å². The second-order valence-corrected chi connectivity index (χ2v) is 3.23. The highest BCUT2D eigenvalue weighted by Crippen LogP contribution is 2.17. The molecule has 1 aromatic rings. The standard InChI is InChI=1S/C7H4BrClFNO/c8-5-2-1-4(3-6(5)10)7(9)11-12/h1-3,12H/b11-7+. The second kappa shape index (κ2) is 3.87. The molecule has 0 atom stereocenters. The number of hydrogen-bond acceptors (Lipinski definition) is 2. The normalized spacial score (nSPS) is 11.8. The van der Waals surface area contributed by atoms with Crippen LogP contribution in [-0.2, 0) is 0 Å². The van der Waals surface area contributed by atoms with Gasteiger partial charge in [0.25, 0.3) is 0 Å². The summed E-state index contributed by atoms with van der Waals surface area (Å²) in [7, 11) is 0. The lowest BCUT2D eigenvalue weighted by molar-refractivity contribution is 0.321. The van der Waals surface area contributed by atoms with Crippen LogP contribution in [0.1, 0.15) is 5.56 Å². The van der Waals surface area contributed by atoms with Crippen LogP contribution in [0.4, 0.5) is 4.39 Å². The van der Waals surface area contributed by atoms with E-state index in [-0.39, 0.29) is 5.17 Å². The van der Waals surface area contributed by atoms with E-state index in [0.29, 0.717) is 10.0 Å². The van der Waals surface area contributed by atoms with E-state index < -0.39 is 5.82 Å². The van der Waals surface area contributed by atoms with Crippen molar-refractivity contribution in [1.82, 2.24) is 0 Å². The van der Waals surface area contributed by atoms with Crippen LogP contribution in [0.2, 0.25) is 0 Å². The van der Waals surface area contributed by atoms with Gasteiger partial charge in [-0.05, 0) is 28.1 Å². The Hall–Kier alpha value is -0.610. The van der Waals surface area contributed by atoms with Gasteiger partial charge in [0.15, 0.2) is 5.17 Å². The Kier molecular flexibility index (Phi) is 3.05. The third-order valence-corrected chi connectivity index (χ3v) is 2.18. The van der Waals surface area contributed by atoms with Crippen molar-refractivity contribution in [1.29, 1.82) is 0 Å². The lowest BCUT2D eigenvalue weighted by Crippen LogP contribution is -1.92. The van der Waals surface area contributed by atoms with E-state index in [1.54, 1.807) is 0 Å². The molecular weight excluding hydrogens is 248 g/mol. The molecule has 0 aromatic heterocycles. The van der Waals surface area contributed by atoms with Gasteiger partial charge in [-0.2, -0.15) is 0 Å². The molecule has 1 aromatic carbocycles. The third-order valence-electron chi connectivity index (χ3n) is 1.25. The molecule has 0 saturated carbocycles. The first-order valence-electron chi connectivity index (χ1n) is 2.98. The molecule has 0 unspecified atom stereocenters. The Labute approximate surface area is 81.8 Å². The average Bonchev–Trinajstić information content (AvgIpc) is 2.08. The summed E-state index contributed by atoms with van der Waals surface area (Å²) in [6, 6.07) is 4.19. The summed E-state index contributed by atoms with van der Waals surface area (Å²) in [5, 5.41) is 10.9. The van der Waals surface area contributed by atoms with E-state index in [9.17, 15) is 4.39 Å². The van der Waals surface area contributed by atoms with Crippen molar-refractivity contribution in [2.45, 2.75) is 0 Å². The quantitative estimate of drug-likeness (QED) is 0.465. The molecule has 0 radical (unpaired) electrons. The number of hydrogen-bond donors (Lipinski definition) is 1. The van der Waals surface area contributed by atoms with Crippen LogP contribution in [-0.4, -0.2) is 10.4 Å². The first kappa shape index (κ1) is 9.48. The summed E-state index contributed by atoms with van der Waals surface area (Å²) in [5.41, 5.74) is 0.333. The Morgan fingerprint density at radius 2 is 2.25 bits per heavy atom. The van der Waals surface area contributed by atoms with Gasteiger partial charge in [-0.15, -0.1) is 0 Å². The average molecular weight is 252 g/mol. The maximum Gasteiger partial charge on any atom is 0.175 e. The first-order chi connectivity index (χ1) is 5.65. The topological polar surface area (TPSA) is 32.6 Å². The molecule has 64 valence electrons. The molecule has 2 nitrogen and oxygen atoms in total. The minimum Gasteiger partial charge on any atom is -0.410 e. The maximum atomic E-state index is 12.8. The fraction of sp³-hybridized carbons (Fsp3) is 0. The predicted octanol–water partition coefficient (Wildman–Crippen LogP) is 2.96.